The van der Waals surface area contributed by atoms with Crippen molar-refractivity contribution >= 4 is 11.7 Å². The van der Waals surface area contributed by atoms with E-state index in [0.717, 1.165) is 29.9 Å². The number of aryl methyl sites for hydroxylation is 2. The second-order valence-corrected chi connectivity index (χ2v) is 5.68. The normalized spacial score (nSPS) is 11.0. The van der Waals surface area contributed by atoms with Gasteiger partial charge in [-0.25, -0.2) is 0 Å². The Morgan fingerprint density at radius 1 is 1.39 bits per heavy atom. The number of hydrogen-bond donors (Lipinski definition) is 2. The molecule has 0 spiro atoms. The second-order valence-electron chi connectivity index (χ2n) is 5.68. The van der Waals surface area contributed by atoms with Gasteiger partial charge in [0.1, 0.15) is 5.69 Å². The largest absolute Gasteiger partial charge is 0.480 e. The van der Waals surface area contributed by atoms with Gasteiger partial charge >= 0.3 is 0 Å². The van der Waals surface area contributed by atoms with Crippen LogP contribution in [0, 0.1) is 13.8 Å². The van der Waals surface area contributed by atoms with Crippen LogP contribution in [0.15, 0.2) is 6.07 Å². The Kier molecular flexibility index (Phi) is 5.41. The van der Waals surface area contributed by atoms with E-state index in [4.69, 9.17) is 4.74 Å². The number of nitrogens with zero attached hydrogens (tertiary/aromatic N) is 3. The van der Waals surface area contributed by atoms with E-state index in [9.17, 15) is 4.79 Å². The van der Waals surface area contributed by atoms with E-state index in [0.29, 0.717) is 17.5 Å². The minimum atomic E-state index is -0.241. The lowest BCUT2D eigenvalue weighted by Crippen LogP contribution is -2.20. The van der Waals surface area contributed by atoms with Crippen molar-refractivity contribution < 1.29 is 9.53 Å². The molecule has 2 rings (SSSR count). The number of carbonyl (C=O) groups excluding carboxylic acids is 1. The molecule has 0 saturated heterocycles. The molecule has 0 aliphatic heterocycles. The molecule has 1 amide bonds. The number of hydrogen-bond acceptors (Lipinski definition) is 4. The molecule has 7 nitrogen and oxygen atoms in total. The zero-order valence-electron chi connectivity index (χ0n) is 14.4. The summed E-state index contributed by atoms with van der Waals surface area (Å²) in [6, 6.07) is 1.89. The highest BCUT2D eigenvalue weighted by Crippen LogP contribution is 2.23. The van der Waals surface area contributed by atoms with E-state index >= 15 is 0 Å². The summed E-state index contributed by atoms with van der Waals surface area (Å²) in [4.78, 5) is 12.0. The van der Waals surface area contributed by atoms with E-state index in [-0.39, 0.29) is 12.5 Å². The third-order valence-electron chi connectivity index (χ3n) is 4.08. The molecule has 0 unspecified atom stereocenters. The van der Waals surface area contributed by atoms with Gasteiger partial charge in [-0.1, -0.05) is 13.8 Å². The van der Waals surface area contributed by atoms with Crippen molar-refractivity contribution in [1.82, 2.24) is 20.0 Å². The van der Waals surface area contributed by atoms with Crippen LogP contribution in [-0.4, -0.2) is 32.5 Å². The number of anilines is 1. The first-order valence-corrected chi connectivity index (χ1v) is 7.94. The molecule has 0 bridgehead atoms. The van der Waals surface area contributed by atoms with E-state index < -0.39 is 0 Å². The lowest BCUT2D eigenvalue weighted by molar-refractivity contribution is -0.118. The molecular formula is C16H25N5O2. The van der Waals surface area contributed by atoms with Crippen LogP contribution >= 0.6 is 0 Å². The van der Waals surface area contributed by atoms with E-state index in [2.05, 4.69) is 34.5 Å². The summed E-state index contributed by atoms with van der Waals surface area (Å²) in [6.45, 7) is 7.97. The van der Waals surface area contributed by atoms with Gasteiger partial charge in [-0.15, -0.1) is 0 Å². The number of ether oxygens (including phenoxy) is 1. The molecule has 0 aliphatic rings. The summed E-state index contributed by atoms with van der Waals surface area (Å²) in [6.07, 6.45) is 2.07. The van der Waals surface area contributed by atoms with Crippen LogP contribution in [-0.2, 0) is 11.8 Å². The van der Waals surface area contributed by atoms with E-state index in [1.54, 1.807) is 4.68 Å². The topological polar surface area (TPSA) is 84.8 Å². The van der Waals surface area contributed by atoms with Crippen molar-refractivity contribution in [3.05, 3.63) is 23.1 Å². The number of rotatable bonds is 7. The third kappa shape index (κ3) is 3.91. The fraction of sp³-hybridized carbons (Fsp3) is 0.562. The fourth-order valence-electron chi connectivity index (χ4n) is 2.62. The van der Waals surface area contributed by atoms with Crippen LogP contribution < -0.4 is 10.1 Å². The van der Waals surface area contributed by atoms with E-state index in [1.165, 1.54) is 0 Å². The van der Waals surface area contributed by atoms with Crippen LogP contribution in [0.3, 0.4) is 0 Å². The molecule has 0 saturated carbocycles. The number of nitrogens with one attached hydrogen (secondary N) is 2. The third-order valence-corrected chi connectivity index (χ3v) is 4.08. The maximum Gasteiger partial charge on any atom is 0.263 e. The average molecular weight is 319 g/mol. The summed E-state index contributed by atoms with van der Waals surface area (Å²) in [5.41, 5.74) is 2.71. The second kappa shape index (κ2) is 7.30. The Balaban J connectivity index is 1.92. The number of aromatic nitrogens is 4. The van der Waals surface area contributed by atoms with Crippen LogP contribution in [0.4, 0.5) is 5.82 Å². The standard InChI is InChI=1S/C16H25N5O2/c1-6-12(7-2)13-8-14(19-18-13)17-15(22)9-23-16-10(3)20-21(5)11(16)4/h8,12H,6-7,9H2,1-5H3,(H2,17,18,19,22). The summed E-state index contributed by atoms with van der Waals surface area (Å²) >= 11 is 0. The first-order chi connectivity index (χ1) is 11.0. The van der Waals surface area contributed by atoms with Crippen molar-refractivity contribution in [1.29, 1.82) is 0 Å². The van der Waals surface area contributed by atoms with Crippen LogP contribution in [0.2, 0.25) is 0 Å². The maximum atomic E-state index is 12.0. The lowest BCUT2D eigenvalue weighted by Gasteiger charge is -2.08. The molecule has 23 heavy (non-hydrogen) atoms. The predicted octanol–water partition coefficient (Wildman–Crippen LogP) is 2.68. The van der Waals surface area contributed by atoms with Gasteiger partial charge in [0.05, 0.1) is 5.69 Å². The smallest absolute Gasteiger partial charge is 0.263 e. The molecule has 2 aromatic heterocycles. The minimum absolute atomic E-state index is 0.0689. The molecule has 2 aromatic rings. The molecule has 2 heterocycles. The van der Waals surface area contributed by atoms with Gasteiger partial charge < -0.3 is 10.1 Å². The molecule has 0 aromatic carbocycles. The van der Waals surface area contributed by atoms with Crippen molar-refractivity contribution in [3.8, 4) is 5.75 Å². The molecule has 0 radical (unpaired) electrons. The highest BCUT2D eigenvalue weighted by Gasteiger charge is 2.14. The summed E-state index contributed by atoms with van der Waals surface area (Å²) < 4.78 is 7.32. The quantitative estimate of drug-likeness (QED) is 0.821. The van der Waals surface area contributed by atoms with Crippen molar-refractivity contribution in [2.45, 2.75) is 46.5 Å². The zero-order chi connectivity index (χ0) is 17.0. The number of carbonyl (C=O) groups is 1. The summed E-state index contributed by atoms with van der Waals surface area (Å²) in [5, 5.41) is 14.1. The molecule has 2 N–H and O–H groups in total. The Labute approximate surface area is 136 Å². The first-order valence-electron chi connectivity index (χ1n) is 7.94. The SMILES string of the molecule is CCC(CC)c1cc(NC(=O)COc2c(C)nn(C)c2C)n[nH]1. The Morgan fingerprint density at radius 2 is 2.09 bits per heavy atom. The molecule has 0 fully saturated rings. The van der Waals surface area contributed by atoms with Gasteiger partial charge in [0.25, 0.3) is 5.91 Å². The predicted molar refractivity (Wildman–Crippen MR) is 88.7 cm³/mol. The van der Waals surface area contributed by atoms with Crippen molar-refractivity contribution in [2.24, 2.45) is 7.05 Å². The van der Waals surface area contributed by atoms with Crippen LogP contribution in [0.1, 0.15) is 49.7 Å². The highest BCUT2D eigenvalue weighted by molar-refractivity contribution is 5.91. The molecule has 0 aliphatic carbocycles. The summed E-state index contributed by atoms with van der Waals surface area (Å²) in [7, 11) is 1.85. The number of amides is 1. The Morgan fingerprint density at radius 3 is 2.65 bits per heavy atom. The van der Waals surface area contributed by atoms with Gasteiger partial charge in [0.15, 0.2) is 18.2 Å². The number of H-pyrrole nitrogens is 1. The van der Waals surface area contributed by atoms with Gasteiger partial charge in [-0.2, -0.15) is 10.2 Å². The monoisotopic (exact) mass is 319 g/mol. The van der Waals surface area contributed by atoms with Gasteiger partial charge in [-0.05, 0) is 26.7 Å². The molecule has 0 atom stereocenters. The fourth-order valence-corrected chi connectivity index (χ4v) is 2.62. The maximum absolute atomic E-state index is 12.0. The molecule has 126 valence electrons. The van der Waals surface area contributed by atoms with Crippen LogP contribution in [0.5, 0.6) is 5.75 Å². The van der Waals surface area contributed by atoms with Crippen molar-refractivity contribution in [3.63, 3.8) is 0 Å². The van der Waals surface area contributed by atoms with Crippen molar-refractivity contribution in [2.75, 3.05) is 11.9 Å². The highest BCUT2D eigenvalue weighted by atomic mass is 16.5. The van der Waals surface area contributed by atoms with E-state index in [1.807, 2.05) is 27.0 Å². The lowest BCUT2D eigenvalue weighted by atomic mass is 10.00. The van der Waals surface area contributed by atoms with Gasteiger partial charge in [0.2, 0.25) is 0 Å². The minimum Gasteiger partial charge on any atom is -0.480 e. The Bertz CT molecular complexity index is 670. The molecular weight excluding hydrogens is 294 g/mol. The van der Waals surface area contributed by atoms with Gasteiger partial charge in [-0.3, -0.25) is 14.6 Å². The Hall–Kier alpha value is -2.31. The van der Waals surface area contributed by atoms with Crippen LogP contribution in [0.25, 0.3) is 0 Å². The molecule has 7 heteroatoms. The van der Waals surface area contributed by atoms with Gasteiger partial charge in [0, 0.05) is 24.7 Å². The zero-order valence-corrected chi connectivity index (χ0v) is 14.4. The first kappa shape index (κ1) is 17.1. The number of aromatic amines is 1. The average Bonchev–Trinajstić information content (AvgIpc) is 3.05. The summed E-state index contributed by atoms with van der Waals surface area (Å²) in [5.74, 6) is 1.38.